The van der Waals surface area contributed by atoms with E-state index in [9.17, 15) is 4.79 Å². The van der Waals surface area contributed by atoms with Crippen LogP contribution in [0.15, 0.2) is 99.8 Å². The van der Waals surface area contributed by atoms with Crippen molar-refractivity contribution in [3.8, 4) is 11.4 Å². The van der Waals surface area contributed by atoms with Crippen molar-refractivity contribution in [3.05, 3.63) is 100 Å². The Morgan fingerprint density at radius 1 is 0.800 bits per heavy atom. The van der Waals surface area contributed by atoms with Crippen LogP contribution in [0, 0.1) is 0 Å². The fraction of sp³-hybridized carbons (Fsp3) is 0. The van der Waals surface area contributed by atoms with Crippen LogP contribution in [-0.4, -0.2) is 24.5 Å². The van der Waals surface area contributed by atoms with E-state index in [1.165, 1.54) is 11.8 Å². The van der Waals surface area contributed by atoms with Crippen LogP contribution in [0.25, 0.3) is 22.5 Å². The molecular formula is C22H14ClN5OS. The van der Waals surface area contributed by atoms with Gasteiger partial charge in [-0.1, -0.05) is 65.3 Å². The third-order valence-corrected chi connectivity index (χ3v) is 5.97. The van der Waals surface area contributed by atoms with Crippen LogP contribution in [0.3, 0.4) is 0 Å². The van der Waals surface area contributed by atoms with Gasteiger partial charge in [0.25, 0.3) is 5.56 Å². The first kappa shape index (κ1) is 18.6. The highest BCUT2D eigenvalue weighted by atomic mass is 35.5. The van der Waals surface area contributed by atoms with Crippen molar-refractivity contribution >= 4 is 34.5 Å². The zero-order valence-corrected chi connectivity index (χ0v) is 17.1. The number of rotatable bonds is 4. The number of para-hydroxylation sites is 2. The summed E-state index contributed by atoms with van der Waals surface area (Å²) < 4.78 is 3.11. The minimum absolute atomic E-state index is 0.200. The molecule has 0 radical (unpaired) electrons. The van der Waals surface area contributed by atoms with E-state index in [4.69, 9.17) is 16.6 Å². The molecule has 0 bridgehead atoms. The largest absolute Gasteiger partial charge is 0.288 e. The molecule has 0 fully saturated rings. The summed E-state index contributed by atoms with van der Waals surface area (Å²) in [5.41, 5.74) is 1.78. The molecule has 0 atom stereocenters. The fourth-order valence-electron chi connectivity index (χ4n) is 3.09. The zero-order chi connectivity index (χ0) is 20.5. The minimum atomic E-state index is -0.289. The first-order valence-corrected chi connectivity index (χ1v) is 10.3. The van der Waals surface area contributed by atoms with Crippen molar-refractivity contribution in [3.63, 3.8) is 0 Å². The van der Waals surface area contributed by atoms with Crippen LogP contribution in [-0.2, 0) is 0 Å². The predicted molar refractivity (Wildman–Crippen MR) is 118 cm³/mol. The highest BCUT2D eigenvalue weighted by Crippen LogP contribution is 2.33. The third-order valence-electron chi connectivity index (χ3n) is 4.50. The molecule has 0 unspecified atom stereocenters. The second-order valence-corrected chi connectivity index (χ2v) is 7.83. The summed E-state index contributed by atoms with van der Waals surface area (Å²) in [5.74, 6) is 0. The van der Waals surface area contributed by atoms with Gasteiger partial charge in [-0.3, -0.25) is 9.36 Å². The van der Waals surface area contributed by atoms with Gasteiger partial charge in [0, 0.05) is 4.90 Å². The number of hydrogen-bond donors (Lipinski definition) is 0. The fourth-order valence-corrected chi connectivity index (χ4v) is 4.26. The monoisotopic (exact) mass is 431 g/mol. The number of aromatic nitrogens is 5. The molecule has 5 rings (SSSR count). The first-order chi connectivity index (χ1) is 14.7. The normalized spacial score (nSPS) is 11.1. The lowest BCUT2D eigenvalue weighted by Crippen LogP contribution is -2.22. The molecule has 2 heterocycles. The Labute approximate surface area is 180 Å². The maximum atomic E-state index is 13.4. The predicted octanol–water partition coefficient (Wildman–Crippen LogP) is 4.77. The molecule has 0 aliphatic rings. The zero-order valence-electron chi connectivity index (χ0n) is 15.5. The number of fused-ring (bicyclic) bond motifs is 1. The van der Waals surface area contributed by atoms with Crippen molar-refractivity contribution < 1.29 is 0 Å². The van der Waals surface area contributed by atoms with Crippen molar-refractivity contribution in [1.82, 2.24) is 24.5 Å². The first-order valence-electron chi connectivity index (χ1n) is 9.14. The molecule has 0 aliphatic carbocycles. The molecule has 2 aromatic heterocycles. The van der Waals surface area contributed by atoms with E-state index in [0.29, 0.717) is 21.5 Å². The Morgan fingerprint density at radius 3 is 2.13 bits per heavy atom. The molecule has 6 nitrogen and oxygen atoms in total. The van der Waals surface area contributed by atoms with Gasteiger partial charge in [0.1, 0.15) is 0 Å². The van der Waals surface area contributed by atoms with E-state index in [1.807, 2.05) is 84.9 Å². The average Bonchev–Trinajstić information content (AvgIpc) is 3.21. The molecule has 0 saturated carbocycles. The van der Waals surface area contributed by atoms with Gasteiger partial charge in [-0.15, -0.1) is 5.10 Å². The van der Waals surface area contributed by atoms with E-state index >= 15 is 0 Å². The summed E-state index contributed by atoms with van der Waals surface area (Å²) >= 11 is 7.69. The van der Waals surface area contributed by atoms with Crippen LogP contribution in [0.2, 0.25) is 5.02 Å². The standard InChI is InChI=1S/C22H14ClN5OS/c23-17-13-7-8-14-18(17)30-22-24-20-19(21(29)27(22)15-9-3-1-4-10-15)25-26-28(20)16-11-5-2-6-12-16/h1-14H. The Hall–Kier alpha value is -3.42. The van der Waals surface area contributed by atoms with Crippen LogP contribution in [0.1, 0.15) is 0 Å². The number of benzene rings is 3. The summed E-state index contributed by atoms with van der Waals surface area (Å²) in [7, 11) is 0. The second-order valence-electron chi connectivity index (χ2n) is 6.41. The molecule has 0 saturated heterocycles. The van der Waals surface area contributed by atoms with Gasteiger partial charge in [-0.05, 0) is 48.2 Å². The van der Waals surface area contributed by atoms with Crippen LogP contribution < -0.4 is 5.56 Å². The topological polar surface area (TPSA) is 65.6 Å². The minimum Gasteiger partial charge on any atom is -0.266 e. The number of halogens is 1. The summed E-state index contributed by atoms with van der Waals surface area (Å²) in [6, 6.07) is 26.3. The van der Waals surface area contributed by atoms with E-state index < -0.39 is 0 Å². The highest BCUT2D eigenvalue weighted by Gasteiger charge is 2.20. The lowest BCUT2D eigenvalue weighted by molar-refractivity contribution is 0.794. The van der Waals surface area contributed by atoms with Crippen molar-refractivity contribution in [2.45, 2.75) is 10.1 Å². The molecule has 8 heteroatoms. The number of hydrogen-bond acceptors (Lipinski definition) is 5. The van der Waals surface area contributed by atoms with Gasteiger partial charge in [0.05, 0.1) is 16.4 Å². The van der Waals surface area contributed by atoms with Crippen molar-refractivity contribution in [1.29, 1.82) is 0 Å². The average molecular weight is 432 g/mol. The van der Waals surface area contributed by atoms with Gasteiger partial charge in [0.2, 0.25) is 0 Å². The molecule has 30 heavy (non-hydrogen) atoms. The van der Waals surface area contributed by atoms with Gasteiger partial charge in [0.15, 0.2) is 16.3 Å². The lowest BCUT2D eigenvalue weighted by Gasteiger charge is -2.12. The Morgan fingerprint density at radius 2 is 1.43 bits per heavy atom. The summed E-state index contributed by atoms with van der Waals surface area (Å²) in [6.45, 7) is 0. The van der Waals surface area contributed by atoms with Crippen molar-refractivity contribution in [2.75, 3.05) is 0 Å². The van der Waals surface area contributed by atoms with Gasteiger partial charge in [-0.25, -0.2) is 4.98 Å². The van der Waals surface area contributed by atoms with E-state index in [1.54, 1.807) is 9.25 Å². The summed E-state index contributed by atoms with van der Waals surface area (Å²) in [5, 5.41) is 9.38. The molecule has 146 valence electrons. The van der Waals surface area contributed by atoms with E-state index in [-0.39, 0.29) is 11.1 Å². The van der Waals surface area contributed by atoms with E-state index in [2.05, 4.69) is 10.3 Å². The maximum absolute atomic E-state index is 13.4. The Balaban J connectivity index is 1.78. The quantitative estimate of drug-likeness (QED) is 0.383. The molecule has 0 amide bonds. The van der Waals surface area contributed by atoms with Crippen LogP contribution >= 0.6 is 23.4 Å². The Kier molecular flexibility index (Phi) is 4.82. The van der Waals surface area contributed by atoms with Gasteiger partial charge in [-0.2, -0.15) is 4.68 Å². The molecule has 0 N–H and O–H groups in total. The molecule has 0 spiro atoms. The second kappa shape index (κ2) is 7.78. The van der Waals surface area contributed by atoms with Crippen LogP contribution in [0.5, 0.6) is 0 Å². The molecule has 3 aromatic carbocycles. The SMILES string of the molecule is O=c1c2nnn(-c3ccccc3)c2nc(Sc2ccccc2Cl)n1-c1ccccc1. The van der Waals surface area contributed by atoms with Crippen molar-refractivity contribution in [2.24, 2.45) is 0 Å². The number of nitrogens with zero attached hydrogens (tertiary/aromatic N) is 5. The van der Waals surface area contributed by atoms with Crippen LogP contribution in [0.4, 0.5) is 0 Å². The molecule has 0 aliphatic heterocycles. The third kappa shape index (κ3) is 3.28. The smallest absolute Gasteiger partial charge is 0.266 e. The Bertz CT molecular complexity index is 1400. The maximum Gasteiger partial charge on any atom is 0.288 e. The summed E-state index contributed by atoms with van der Waals surface area (Å²) in [4.78, 5) is 19.0. The molecular weight excluding hydrogens is 418 g/mol. The lowest BCUT2D eigenvalue weighted by atomic mass is 10.3. The van der Waals surface area contributed by atoms with E-state index in [0.717, 1.165) is 10.6 Å². The highest BCUT2D eigenvalue weighted by molar-refractivity contribution is 7.99. The molecule has 5 aromatic rings. The summed E-state index contributed by atoms with van der Waals surface area (Å²) in [6.07, 6.45) is 0. The van der Waals surface area contributed by atoms with Gasteiger partial charge < -0.3 is 0 Å². The van der Waals surface area contributed by atoms with Gasteiger partial charge >= 0.3 is 0 Å².